The van der Waals surface area contributed by atoms with Gasteiger partial charge in [-0.2, -0.15) is 0 Å². The van der Waals surface area contributed by atoms with Gasteiger partial charge in [-0.3, -0.25) is 4.79 Å². The number of rotatable bonds is 6. The van der Waals surface area contributed by atoms with Crippen LogP contribution < -0.4 is 5.32 Å². The van der Waals surface area contributed by atoms with Crippen LogP contribution in [0.3, 0.4) is 0 Å². The first-order chi connectivity index (χ1) is 11.2. The summed E-state index contributed by atoms with van der Waals surface area (Å²) < 4.78 is 6.01. The minimum absolute atomic E-state index is 0.159. The largest absolute Gasteiger partial charge is 0.378 e. The third-order valence-electron chi connectivity index (χ3n) is 5.25. The molecular formula is C19H28N2O2. The Hall–Kier alpha value is -1.39. The van der Waals surface area contributed by atoms with E-state index in [2.05, 4.69) is 36.5 Å². The van der Waals surface area contributed by atoms with E-state index in [1.54, 1.807) is 0 Å². The zero-order valence-corrected chi connectivity index (χ0v) is 14.0. The summed E-state index contributed by atoms with van der Waals surface area (Å²) in [6.45, 7) is 6.53. The predicted molar refractivity (Wildman–Crippen MR) is 91.2 cm³/mol. The van der Waals surface area contributed by atoms with Crippen molar-refractivity contribution in [3.05, 3.63) is 35.9 Å². The topological polar surface area (TPSA) is 41.6 Å². The van der Waals surface area contributed by atoms with E-state index in [4.69, 9.17) is 4.74 Å². The lowest BCUT2D eigenvalue weighted by Gasteiger charge is -2.38. The number of hydrogen-bond donors (Lipinski definition) is 1. The molecule has 1 atom stereocenters. The van der Waals surface area contributed by atoms with Gasteiger partial charge < -0.3 is 15.0 Å². The number of likely N-dealkylation sites (tertiary alicyclic amines) is 1. The fraction of sp³-hybridized carbons (Fsp3) is 0.632. The van der Waals surface area contributed by atoms with E-state index in [0.717, 1.165) is 52.0 Å². The Morgan fingerprint density at radius 2 is 1.96 bits per heavy atom. The van der Waals surface area contributed by atoms with Gasteiger partial charge in [-0.05, 0) is 43.8 Å². The number of nitrogens with zero attached hydrogens (tertiary/aromatic N) is 1. The standard InChI is InChI=1S/C19H28N2O2/c1-15(17-13-20-14-17)19(22)21-10-7-18(8-11-21)23-12-9-16-5-3-2-4-6-16/h2-6,15,17-18,20H,7-14H2,1H3. The van der Waals surface area contributed by atoms with Crippen molar-refractivity contribution in [1.29, 1.82) is 0 Å². The van der Waals surface area contributed by atoms with Crippen LogP contribution in [0.25, 0.3) is 0 Å². The monoisotopic (exact) mass is 316 g/mol. The van der Waals surface area contributed by atoms with Crippen LogP contribution in [0.2, 0.25) is 0 Å². The Labute approximate surface area is 139 Å². The molecule has 2 aliphatic rings. The van der Waals surface area contributed by atoms with Crippen molar-refractivity contribution < 1.29 is 9.53 Å². The number of carbonyl (C=O) groups is 1. The molecule has 4 nitrogen and oxygen atoms in total. The molecule has 0 aliphatic carbocycles. The fourth-order valence-corrected chi connectivity index (χ4v) is 3.39. The maximum absolute atomic E-state index is 12.5. The average molecular weight is 316 g/mol. The van der Waals surface area contributed by atoms with Crippen LogP contribution in [0.4, 0.5) is 0 Å². The van der Waals surface area contributed by atoms with Gasteiger partial charge in [-0.15, -0.1) is 0 Å². The summed E-state index contributed by atoms with van der Waals surface area (Å²) in [5.41, 5.74) is 1.32. The van der Waals surface area contributed by atoms with E-state index in [0.29, 0.717) is 17.9 Å². The third-order valence-corrected chi connectivity index (χ3v) is 5.25. The number of amides is 1. The molecule has 0 saturated carbocycles. The summed E-state index contributed by atoms with van der Waals surface area (Å²) in [6.07, 6.45) is 3.21. The van der Waals surface area contributed by atoms with Crippen molar-refractivity contribution in [3.8, 4) is 0 Å². The fourth-order valence-electron chi connectivity index (χ4n) is 3.39. The molecule has 4 heteroatoms. The normalized spacial score (nSPS) is 21.0. The molecule has 1 N–H and O–H groups in total. The number of benzene rings is 1. The van der Waals surface area contributed by atoms with Crippen molar-refractivity contribution in [2.45, 2.75) is 32.3 Å². The van der Waals surface area contributed by atoms with Crippen LogP contribution in [0.15, 0.2) is 30.3 Å². The van der Waals surface area contributed by atoms with E-state index < -0.39 is 0 Å². The molecule has 1 unspecified atom stereocenters. The molecule has 0 aromatic heterocycles. The van der Waals surface area contributed by atoms with Gasteiger partial charge in [-0.25, -0.2) is 0 Å². The summed E-state index contributed by atoms with van der Waals surface area (Å²) in [5, 5.41) is 3.25. The highest BCUT2D eigenvalue weighted by Gasteiger charge is 2.33. The van der Waals surface area contributed by atoms with E-state index in [-0.39, 0.29) is 5.92 Å². The number of piperidine rings is 1. The zero-order chi connectivity index (χ0) is 16.1. The number of ether oxygens (including phenoxy) is 1. The second kappa shape index (κ2) is 7.93. The van der Waals surface area contributed by atoms with Crippen molar-refractivity contribution in [3.63, 3.8) is 0 Å². The Kier molecular flexibility index (Phi) is 5.68. The molecule has 1 amide bonds. The van der Waals surface area contributed by atoms with Gasteiger partial charge in [0.25, 0.3) is 0 Å². The molecule has 1 aromatic rings. The van der Waals surface area contributed by atoms with E-state index in [1.807, 2.05) is 11.0 Å². The van der Waals surface area contributed by atoms with Crippen molar-refractivity contribution in [2.24, 2.45) is 11.8 Å². The summed E-state index contributed by atoms with van der Waals surface area (Å²) in [7, 11) is 0. The summed E-state index contributed by atoms with van der Waals surface area (Å²) in [5.74, 6) is 1.02. The quantitative estimate of drug-likeness (QED) is 0.874. The van der Waals surface area contributed by atoms with Gasteiger partial charge in [-0.1, -0.05) is 37.3 Å². The Balaban J connectivity index is 1.36. The highest BCUT2D eigenvalue weighted by molar-refractivity contribution is 5.79. The van der Waals surface area contributed by atoms with E-state index in [9.17, 15) is 4.79 Å². The zero-order valence-electron chi connectivity index (χ0n) is 14.0. The van der Waals surface area contributed by atoms with Crippen LogP contribution >= 0.6 is 0 Å². The second-order valence-electron chi connectivity index (χ2n) is 6.84. The molecule has 0 spiro atoms. The Morgan fingerprint density at radius 3 is 2.57 bits per heavy atom. The smallest absolute Gasteiger partial charge is 0.225 e. The summed E-state index contributed by atoms with van der Waals surface area (Å²) >= 11 is 0. The molecule has 0 radical (unpaired) electrons. The SMILES string of the molecule is CC(C(=O)N1CCC(OCCc2ccccc2)CC1)C1CNC1. The minimum atomic E-state index is 0.159. The van der Waals surface area contributed by atoms with Crippen molar-refractivity contribution in [2.75, 3.05) is 32.8 Å². The van der Waals surface area contributed by atoms with Gasteiger partial charge in [0, 0.05) is 19.0 Å². The molecule has 2 heterocycles. The first-order valence-electron chi connectivity index (χ1n) is 8.89. The lowest BCUT2D eigenvalue weighted by Crippen LogP contribution is -2.52. The predicted octanol–water partition coefficient (Wildman–Crippen LogP) is 2.09. The molecule has 2 saturated heterocycles. The van der Waals surface area contributed by atoms with Crippen molar-refractivity contribution >= 4 is 5.91 Å². The average Bonchev–Trinajstić information content (AvgIpc) is 2.54. The maximum atomic E-state index is 12.5. The summed E-state index contributed by atoms with van der Waals surface area (Å²) in [6, 6.07) is 10.5. The lowest BCUT2D eigenvalue weighted by atomic mass is 9.87. The Morgan fingerprint density at radius 1 is 1.26 bits per heavy atom. The molecule has 2 aliphatic heterocycles. The first kappa shape index (κ1) is 16.5. The molecule has 126 valence electrons. The molecule has 0 bridgehead atoms. The highest BCUT2D eigenvalue weighted by Crippen LogP contribution is 2.22. The Bertz CT molecular complexity index is 493. The third kappa shape index (κ3) is 4.33. The number of nitrogens with one attached hydrogen (secondary N) is 1. The van der Waals surface area contributed by atoms with Crippen LogP contribution in [0, 0.1) is 11.8 Å². The molecule has 1 aromatic carbocycles. The maximum Gasteiger partial charge on any atom is 0.225 e. The lowest BCUT2D eigenvalue weighted by molar-refractivity contribution is -0.140. The van der Waals surface area contributed by atoms with E-state index in [1.165, 1.54) is 5.56 Å². The highest BCUT2D eigenvalue weighted by atomic mass is 16.5. The summed E-state index contributed by atoms with van der Waals surface area (Å²) in [4.78, 5) is 14.5. The van der Waals surface area contributed by atoms with Crippen LogP contribution in [0.5, 0.6) is 0 Å². The van der Waals surface area contributed by atoms with Gasteiger partial charge in [0.1, 0.15) is 0 Å². The second-order valence-corrected chi connectivity index (χ2v) is 6.84. The minimum Gasteiger partial charge on any atom is -0.378 e. The number of carbonyl (C=O) groups excluding carboxylic acids is 1. The van der Waals surface area contributed by atoms with Gasteiger partial charge in [0.05, 0.1) is 12.7 Å². The van der Waals surface area contributed by atoms with Crippen LogP contribution in [-0.2, 0) is 16.0 Å². The molecule has 23 heavy (non-hydrogen) atoms. The van der Waals surface area contributed by atoms with Crippen LogP contribution in [-0.4, -0.2) is 49.7 Å². The molecular weight excluding hydrogens is 288 g/mol. The van der Waals surface area contributed by atoms with Gasteiger partial charge in [0.15, 0.2) is 0 Å². The van der Waals surface area contributed by atoms with Crippen LogP contribution in [0.1, 0.15) is 25.3 Å². The van der Waals surface area contributed by atoms with Gasteiger partial charge in [0.2, 0.25) is 5.91 Å². The molecule has 3 rings (SSSR count). The van der Waals surface area contributed by atoms with E-state index >= 15 is 0 Å². The first-order valence-corrected chi connectivity index (χ1v) is 8.89. The number of hydrogen-bond acceptors (Lipinski definition) is 3. The van der Waals surface area contributed by atoms with Gasteiger partial charge >= 0.3 is 0 Å². The molecule has 2 fully saturated rings. The van der Waals surface area contributed by atoms with Crippen molar-refractivity contribution in [1.82, 2.24) is 10.2 Å².